The molecule has 0 radical (unpaired) electrons. The second-order valence-electron chi connectivity index (χ2n) is 4.89. The Bertz CT molecular complexity index is 616. The van der Waals surface area contributed by atoms with Crippen molar-refractivity contribution in [2.45, 2.75) is 19.8 Å². The van der Waals surface area contributed by atoms with Crippen molar-refractivity contribution >= 4 is 15.9 Å². The fourth-order valence-corrected chi connectivity index (χ4v) is 3.09. The van der Waals surface area contributed by atoms with Crippen LogP contribution in [0, 0.1) is 0 Å². The number of hydrogen-bond donors (Lipinski definition) is 2. The van der Waals surface area contributed by atoms with Crippen LogP contribution < -0.4 is 19.5 Å². The summed E-state index contributed by atoms with van der Waals surface area (Å²) < 4.78 is 35.9. The van der Waals surface area contributed by atoms with Crippen molar-refractivity contribution in [3.05, 3.63) is 23.8 Å². The minimum atomic E-state index is -3.26. The van der Waals surface area contributed by atoms with E-state index in [1.165, 1.54) is 14.2 Å². The van der Waals surface area contributed by atoms with Crippen LogP contribution in [-0.2, 0) is 10.0 Å². The number of unbranched alkanes of at least 4 members (excludes halogenated alkanes) is 1. The van der Waals surface area contributed by atoms with Crippen molar-refractivity contribution in [3.63, 3.8) is 0 Å². The van der Waals surface area contributed by atoms with E-state index in [9.17, 15) is 13.2 Å². The first-order chi connectivity index (χ1) is 10.9. The maximum absolute atomic E-state index is 12.0. The van der Waals surface area contributed by atoms with Gasteiger partial charge in [0.2, 0.25) is 10.0 Å². The number of sulfonamides is 1. The van der Waals surface area contributed by atoms with Crippen LogP contribution in [0.5, 0.6) is 11.5 Å². The van der Waals surface area contributed by atoms with Crippen LogP contribution in [0.1, 0.15) is 30.1 Å². The van der Waals surface area contributed by atoms with Crippen LogP contribution in [0.25, 0.3) is 0 Å². The first-order valence-corrected chi connectivity index (χ1v) is 9.06. The Morgan fingerprint density at radius 1 is 1.13 bits per heavy atom. The van der Waals surface area contributed by atoms with Gasteiger partial charge in [-0.15, -0.1) is 0 Å². The molecule has 7 nitrogen and oxygen atoms in total. The second-order valence-corrected chi connectivity index (χ2v) is 6.82. The Morgan fingerprint density at radius 2 is 1.83 bits per heavy atom. The average molecular weight is 344 g/mol. The molecule has 0 fully saturated rings. The third-order valence-electron chi connectivity index (χ3n) is 3.14. The lowest BCUT2D eigenvalue weighted by molar-refractivity contribution is 0.0954. The largest absolute Gasteiger partial charge is 0.493 e. The summed E-state index contributed by atoms with van der Waals surface area (Å²) in [5.41, 5.74) is 0.413. The minimum absolute atomic E-state index is 0.104. The Morgan fingerprint density at radius 3 is 2.43 bits per heavy atom. The molecule has 130 valence electrons. The molecule has 23 heavy (non-hydrogen) atoms. The highest BCUT2D eigenvalue weighted by Crippen LogP contribution is 2.27. The smallest absolute Gasteiger partial charge is 0.251 e. The molecular formula is C15H24N2O5S. The van der Waals surface area contributed by atoms with E-state index in [1.807, 2.05) is 6.92 Å². The van der Waals surface area contributed by atoms with Crippen molar-refractivity contribution in [3.8, 4) is 11.5 Å². The molecule has 0 aliphatic carbocycles. The summed E-state index contributed by atoms with van der Waals surface area (Å²) in [5.74, 6) is 0.791. The number of methoxy groups -OCH3 is 2. The molecule has 1 amide bonds. The SMILES string of the molecule is CCCCS(=O)(=O)NCCNC(=O)c1ccc(OC)c(OC)c1. The molecule has 2 N–H and O–H groups in total. The molecule has 0 unspecified atom stereocenters. The minimum Gasteiger partial charge on any atom is -0.493 e. The highest BCUT2D eigenvalue weighted by atomic mass is 32.2. The zero-order valence-electron chi connectivity index (χ0n) is 13.7. The summed E-state index contributed by atoms with van der Waals surface area (Å²) in [6.45, 7) is 2.29. The quantitative estimate of drug-likeness (QED) is 0.621. The zero-order chi connectivity index (χ0) is 17.3. The summed E-state index contributed by atoms with van der Waals surface area (Å²) >= 11 is 0. The van der Waals surface area contributed by atoms with Crippen LogP contribution in [0.3, 0.4) is 0 Å². The Kier molecular flexibility index (Phi) is 7.84. The number of hydrogen-bond acceptors (Lipinski definition) is 5. The summed E-state index contributed by atoms with van der Waals surface area (Å²) in [6.07, 6.45) is 1.43. The highest BCUT2D eigenvalue weighted by Gasteiger charge is 2.11. The third kappa shape index (κ3) is 6.45. The van der Waals surface area contributed by atoms with E-state index in [0.717, 1.165) is 6.42 Å². The van der Waals surface area contributed by atoms with Gasteiger partial charge in [0, 0.05) is 18.7 Å². The van der Waals surface area contributed by atoms with Gasteiger partial charge >= 0.3 is 0 Å². The van der Waals surface area contributed by atoms with Gasteiger partial charge in [-0.1, -0.05) is 13.3 Å². The van der Waals surface area contributed by atoms with E-state index in [1.54, 1.807) is 18.2 Å². The van der Waals surface area contributed by atoms with Crippen molar-refractivity contribution in [2.75, 3.05) is 33.1 Å². The van der Waals surface area contributed by atoms with E-state index < -0.39 is 10.0 Å². The molecule has 0 spiro atoms. The number of nitrogens with one attached hydrogen (secondary N) is 2. The van der Waals surface area contributed by atoms with Crippen LogP contribution in [0.2, 0.25) is 0 Å². The molecule has 1 aromatic carbocycles. The molecule has 0 atom stereocenters. The third-order valence-corrected chi connectivity index (χ3v) is 4.61. The fourth-order valence-electron chi connectivity index (χ4n) is 1.87. The molecule has 1 rings (SSSR count). The number of amides is 1. The number of rotatable bonds is 10. The van der Waals surface area contributed by atoms with Gasteiger partial charge in [-0.2, -0.15) is 0 Å². The van der Waals surface area contributed by atoms with Crippen molar-refractivity contribution in [1.29, 1.82) is 0 Å². The monoisotopic (exact) mass is 344 g/mol. The van der Waals surface area contributed by atoms with E-state index in [2.05, 4.69) is 10.0 Å². The van der Waals surface area contributed by atoms with Gasteiger partial charge in [0.15, 0.2) is 11.5 Å². The van der Waals surface area contributed by atoms with Crippen LogP contribution >= 0.6 is 0 Å². The maximum Gasteiger partial charge on any atom is 0.251 e. The number of carbonyl (C=O) groups is 1. The molecule has 1 aromatic rings. The van der Waals surface area contributed by atoms with Crippen molar-refractivity contribution < 1.29 is 22.7 Å². The molecule has 0 aliphatic rings. The van der Waals surface area contributed by atoms with E-state index in [-0.39, 0.29) is 24.7 Å². The van der Waals surface area contributed by atoms with E-state index >= 15 is 0 Å². The van der Waals surface area contributed by atoms with Crippen LogP contribution in [0.4, 0.5) is 0 Å². The van der Waals surface area contributed by atoms with Crippen LogP contribution in [0.15, 0.2) is 18.2 Å². The van der Waals surface area contributed by atoms with Gasteiger partial charge < -0.3 is 14.8 Å². The molecule has 0 saturated carbocycles. The van der Waals surface area contributed by atoms with Gasteiger partial charge in [0.25, 0.3) is 5.91 Å². The Labute approximate surface area is 137 Å². The lowest BCUT2D eigenvalue weighted by Gasteiger charge is -2.10. The Balaban J connectivity index is 2.48. The normalized spacial score (nSPS) is 11.1. The Hall–Kier alpha value is -1.80. The highest BCUT2D eigenvalue weighted by molar-refractivity contribution is 7.89. The number of ether oxygens (including phenoxy) is 2. The van der Waals surface area contributed by atoms with Gasteiger partial charge in [-0.05, 0) is 24.6 Å². The lowest BCUT2D eigenvalue weighted by Crippen LogP contribution is -2.35. The predicted molar refractivity (Wildman–Crippen MR) is 88.6 cm³/mol. The van der Waals surface area contributed by atoms with E-state index in [4.69, 9.17) is 9.47 Å². The molecule has 0 aromatic heterocycles. The molecule has 0 saturated heterocycles. The first kappa shape index (κ1) is 19.2. The van der Waals surface area contributed by atoms with Gasteiger partial charge in [0.05, 0.1) is 20.0 Å². The molecule has 8 heteroatoms. The first-order valence-electron chi connectivity index (χ1n) is 7.41. The summed E-state index contributed by atoms with van der Waals surface area (Å²) in [5, 5.41) is 2.65. The fraction of sp³-hybridized carbons (Fsp3) is 0.533. The van der Waals surface area contributed by atoms with E-state index in [0.29, 0.717) is 23.5 Å². The van der Waals surface area contributed by atoms with Gasteiger partial charge in [-0.25, -0.2) is 13.1 Å². The van der Waals surface area contributed by atoms with Crippen molar-refractivity contribution in [2.24, 2.45) is 0 Å². The summed E-state index contributed by atoms with van der Waals surface area (Å²) in [4.78, 5) is 12.0. The van der Waals surface area contributed by atoms with Gasteiger partial charge in [-0.3, -0.25) is 4.79 Å². The predicted octanol–water partition coefficient (Wildman–Crippen LogP) is 1.15. The topological polar surface area (TPSA) is 93.7 Å². The van der Waals surface area contributed by atoms with Crippen LogP contribution in [-0.4, -0.2) is 47.4 Å². The number of carbonyl (C=O) groups excluding carboxylic acids is 1. The summed E-state index contributed by atoms with van der Waals surface area (Å²) in [6, 6.07) is 4.82. The standard InChI is InChI=1S/C15H24N2O5S/c1-4-5-10-23(19,20)17-9-8-16-15(18)12-6-7-13(21-2)14(11-12)22-3/h6-7,11,17H,4-5,8-10H2,1-3H3,(H,16,18). The molecule has 0 heterocycles. The number of benzene rings is 1. The van der Waals surface area contributed by atoms with Crippen molar-refractivity contribution in [1.82, 2.24) is 10.0 Å². The maximum atomic E-state index is 12.0. The summed E-state index contributed by atoms with van der Waals surface area (Å²) in [7, 11) is -0.257. The van der Waals surface area contributed by atoms with Gasteiger partial charge in [0.1, 0.15) is 0 Å². The zero-order valence-corrected chi connectivity index (χ0v) is 14.5. The molecule has 0 bridgehead atoms. The lowest BCUT2D eigenvalue weighted by atomic mass is 10.2. The molecular weight excluding hydrogens is 320 g/mol. The molecule has 0 aliphatic heterocycles. The average Bonchev–Trinajstić information content (AvgIpc) is 2.56. The second kappa shape index (κ2) is 9.36.